The fourth-order valence-corrected chi connectivity index (χ4v) is 4.57. The number of hydrogen-bond acceptors (Lipinski definition) is 5. The number of nitrogens with zero attached hydrogens (tertiary/aromatic N) is 3. The summed E-state index contributed by atoms with van der Waals surface area (Å²) >= 11 is 0. The molecule has 156 valence electrons. The fraction of sp³-hybridized carbons (Fsp3) is 0.435. The fourth-order valence-electron chi connectivity index (χ4n) is 4.57. The minimum Gasteiger partial charge on any atom is -0.445 e. The number of hydrogen-bond donors (Lipinski definition) is 2. The maximum Gasteiger partial charge on any atom is 0.410 e. The van der Waals surface area contributed by atoms with Crippen molar-refractivity contribution in [2.45, 2.75) is 37.7 Å². The molecule has 0 radical (unpaired) electrons. The van der Waals surface area contributed by atoms with Crippen LogP contribution in [0.15, 0.2) is 42.6 Å². The minimum atomic E-state index is -0.258. The highest BCUT2D eigenvalue weighted by Gasteiger charge is 2.31. The lowest BCUT2D eigenvalue weighted by atomic mass is 9.90. The normalized spacial score (nSPS) is 20.0. The maximum atomic E-state index is 12.5. The number of likely N-dealkylation sites (tertiary alicyclic amines) is 1. The van der Waals surface area contributed by atoms with E-state index >= 15 is 0 Å². The van der Waals surface area contributed by atoms with Gasteiger partial charge in [0.05, 0.1) is 5.52 Å². The van der Waals surface area contributed by atoms with Crippen molar-refractivity contribution in [3.05, 3.63) is 59.5 Å². The van der Waals surface area contributed by atoms with E-state index in [9.17, 15) is 4.79 Å². The quantitative estimate of drug-likeness (QED) is 0.694. The molecule has 7 heteroatoms. The summed E-state index contributed by atoms with van der Waals surface area (Å²) in [7, 11) is 0. The molecule has 3 aromatic rings. The van der Waals surface area contributed by atoms with Gasteiger partial charge >= 0.3 is 6.09 Å². The van der Waals surface area contributed by atoms with E-state index in [-0.39, 0.29) is 12.0 Å². The number of imidazole rings is 1. The standard InChI is InChI=1S/C23H27N5O2/c29-23(30-15-16-4-2-1-3-5-16)28-13-9-18(14-28)21-26-20-19(8-12-25-22(20)27-21)17-6-10-24-11-7-17/h1-5,8,12,17-18,24H,6-7,9-11,13-15H2,(H,25,26,27). The summed E-state index contributed by atoms with van der Waals surface area (Å²) in [4.78, 5) is 27.1. The zero-order valence-corrected chi connectivity index (χ0v) is 17.0. The SMILES string of the molecule is O=C(OCc1ccccc1)N1CCC(c2nc3nccc(C4CCNCC4)c3[nH]2)C1. The van der Waals surface area contributed by atoms with Crippen LogP contribution >= 0.6 is 0 Å². The summed E-state index contributed by atoms with van der Waals surface area (Å²) < 4.78 is 5.49. The van der Waals surface area contributed by atoms with Crippen LogP contribution in [0, 0.1) is 0 Å². The zero-order valence-electron chi connectivity index (χ0n) is 17.0. The number of rotatable bonds is 4. The molecule has 1 aromatic carbocycles. The number of fused-ring (bicyclic) bond motifs is 1. The second kappa shape index (κ2) is 8.44. The lowest BCUT2D eigenvalue weighted by molar-refractivity contribution is 0.104. The van der Waals surface area contributed by atoms with Crippen molar-refractivity contribution in [3.8, 4) is 0 Å². The van der Waals surface area contributed by atoms with Crippen LogP contribution in [0.2, 0.25) is 0 Å². The van der Waals surface area contributed by atoms with Crippen molar-refractivity contribution in [1.82, 2.24) is 25.2 Å². The molecule has 0 saturated carbocycles. The number of H-pyrrole nitrogens is 1. The van der Waals surface area contributed by atoms with Crippen LogP contribution in [0.25, 0.3) is 11.2 Å². The number of piperidine rings is 1. The largest absolute Gasteiger partial charge is 0.445 e. The van der Waals surface area contributed by atoms with Gasteiger partial charge in [0, 0.05) is 25.2 Å². The molecule has 4 heterocycles. The van der Waals surface area contributed by atoms with Crippen LogP contribution in [0.1, 0.15) is 48.0 Å². The van der Waals surface area contributed by atoms with E-state index in [2.05, 4.69) is 21.4 Å². The van der Waals surface area contributed by atoms with E-state index in [4.69, 9.17) is 9.72 Å². The van der Waals surface area contributed by atoms with Crippen molar-refractivity contribution >= 4 is 17.3 Å². The Morgan fingerprint density at radius 2 is 1.93 bits per heavy atom. The summed E-state index contributed by atoms with van der Waals surface area (Å²) in [5, 5.41) is 3.43. The molecule has 2 fully saturated rings. The van der Waals surface area contributed by atoms with Gasteiger partial charge in [-0.15, -0.1) is 0 Å². The van der Waals surface area contributed by atoms with Gasteiger partial charge in [-0.1, -0.05) is 30.3 Å². The Hall–Kier alpha value is -2.93. The first-order valence-corrected chi connectivity index (χ1v) is 10.8. The Kier molecular flexibility index (Phi) is 5.36. The van der Waals surface area contributed by atoms with E-state index in [1.165, 1.54) is 5.56 Å². The third-order valence-corrected chi connectivity index (χ3v) is 6.26. The molecule has 2 aliphatic rings. The van der Waals surface area contributed by atoms with Gasteiger partial charge in [0.1, 0.15) is 12.4 Å². The monoisotopic (exact) mass is 405 g/mol. The van der Waals surface area contributed by atoms with E-state index in [0.717, 1.165) is 54.9 Å². The van der Waals surface area contributed by atoms with Crippen molar-refractivity contribution in [3.63, 3.8) is 0 Å². The second-order valence-electron chi connectivity index (χ2n) is 8.22. The molecular weight excluding hydrogens is 378 g/mol. The number of aromatic nitrogens is 3. The molecule has 0 bridgehead atoms. The van der Waals surface area contributed by atoms with Gasteiger partial charge in [-0.3, -0.25) is 0 Å². The summed E-state index contributed by atoms with van der Waals surface area (Å²) in [6.07, 6.45) is 4.76. The molecule has 30 heavy (non-hydrogen) atoms. The average molecular weight is 406 g/mol. The van der Waals surface area contributed by atoms with Crippen molar-refractivity contribution in [2.75, 3.05) is 26.2 Å². The van der Waals surface area contributed by atoms with Crippen LogP contribution < -0.4 is 5.32 Å². The second-order valence-corrected chi connectivity index (χ2v) is 8.22. The number of nitrogens with one attached hydrogen (secondary N) is 2. The molecule has 2 aromatic heterocycles. The highest BCUT2D eigenvalue weighted by atomic mass is 16.6. The number of ether oxygens (including phenoxy) is 1. The molecule has 1 unspecified atom stereocenters. The van der Waals surface area contributed by atoms with Crippen LogP contribution in [0.3, 0.4) is 0 Å². The number of carbonyl (C=O) groups is 1. The van der Waals surface area contributed by atoms with Gasteiger partial charge in [0.25, 0.3) is 0 Å². The minimum absolute atomic E-state index is 0.185. The van der Waals surface area contributed by atoms with E-state index in [1.807, 2.05) is 36.5 Å². The third kappa shape index (κ3) is 3.89. The summed E-state index contributed by atoms with van der Waals surface area (Å²) in [6, 6.07) is 11.9. The maximum absolute atomic E-state index is 12.5. The van der Waals surface area contributed by atoms with Crippen molar-refractivity contribution < 1.29 is 9.53 Å². The van der Waals surface area contributed by atoms with Gasteiger partial charge in [-0.25, -0.2) is 14.8 Å². The number of amides is 1. The summed E-state index contributed by atoms with van der Waals surface area (Å²) in [6.45, 7) is 3.71. The zero-order chi connectivity index (χ0) is 20.3. The average Bonchev–Trinajstić information content (AvgIpc) is 3.46. The van der Waals surface area contributed by atoms with E-state index in [1.54, 1.807) is 4.90 Å². The predicted molar refractivity (Wildman–Crippen MR) is 114 cm³/mol. The molecular formula is C23H27N5O2. The van der Waals surface area contributed by atoms with Crippen molar-refractivity contribution in [1.29, 1.82) is 0 Å². The molecule has 5 rings (SSSR count). The van der Waals surface area contributed by atoms with Crippen LogP contribution in [0.4, 0.5) is 4.79 Å². The number of benzene rings is 1. The summed E-state index contributed by atoms with van der Waals surface area (Å²) in [5.74, 6) is 1.65. The van der Waals surface area contributed by atoms with Gasteiger partial charge in [-0.05, 0) is 55.5 Å². The highest BCUT2D eigenvalue weighted by molar-refractivity contribution is 5.75. The predicted octanol–water partition coefficient (Wildman–Crippen LogP) is 3.55. The molecule has 2 saturated heterocycles. The summed E-state index contributed by atoms with van der Waals surface area (Å²) in [5.41, 5.74) is 4.16. The lowest BCUT2D eigenvalue weighted by Gasteiger charge is -2.23. The van der Waals surface area contributed by atoms with Gasteiger partial charge < -0.3 is 19.9 Å². The first-order chi connectivity index (χ1) is 14.8. The van der Waals surface area contributed by atoms with Gasteiger partial charge in [0.15, 0.2) is 5.65 Å². The van der Waals surface area contributed by atoms with Crippen LogP contribution in [0.5, 0.6) is 0 Å². The lowest BCUT2D eigenvalue weighted by Crippen LogP contribution is -2.29. The van der Waals surface area contributed by atoms with E-state index < -0.39 is 0 Å². The van der Waals surface area contributed by atoms with E-state index in [0.29, 0.717) is 25.6 Å². The molecule has 0 aliphatic carbocycles. The first-order valence-electron chi connectivity index (χ1n) is 10.8. The Morgan fingerprint density at radius 3 is 2.77 bits per heavy atom. The third-order valence-electron chi connectivity index (χ3n) is 6.26. The Balaban J connectivity index is 1.26. The Morgan fingerprint density at radius 1 is 1.10 bits per heavy atom. The molecule has 2 N–H and O–H groups in total. The van der Waals surface area contributed by atoms with Crippen molar-refractivity contribution in [2.24, 2.45) is 0 Å². The number of aromatic amines is 1. The molecule has 0 spiro atoms. The molecule has 2 aliphatic heterocycles. The van der Waals surface area contributed by atoms with Crippen LogP contribution in [-0.2, 0) is 11.3 Å². The molecule has 1 amide bonds. The Labute approximate surface area is 175 Å². The molecule has 7 nitrogen and oxygen atoms in total. The van der Waals surface area contributed by atoms with Gasteiger partial charge in [0.2, 0.25) is 0 Å². The number of carbonyl (C=O) groups excluding carboxylic acids is 1. The highest BCUT2D eigenvalue weighted by Crippen LogP contribution is 2.32. The number of pyridine rings is 1. The van der Waals surface area contributed by atoms with Gasteiger partial charge in [-0.2, -0.15) is 0 Å². The smallest absolute Gasteiger partial charge is 0.410 e. The topological polar surface area (TPSA) is 83.1 Å². The molecule has 1 atom stereocenters. The Bertz CT molecular complexity index is 1010. The van der Waals surface area contributed by atoms with Crippen LogP contribution in [-0.4, -0.2) is 52.1 Å². The first kappa shape index (κ1) is 19.1.